The number of allylic oxidation sites excluding steroid dienone is 1. The molecule has 4 aromatic rings. The van der Waals surface area contributed by atoms with E-state index in [9.17, 15) is 10.1 Å². The van der Waals surface area contributed by atoms with Crippen LogP contribution in [-0.2, 0) is 0 Å². The van der Waals surface area contributed by atoms with Crippen molar-refractivity contribution in [3.05, 3.63) is 104 Å². The molecule has 2 aromatic heterocycles. The van der Waals surface area contributed by atoms with Crippen molar-refractivity contribution in [2.45, 2.75) is 0 Å². The third-order valence-electron chi connectivity index (χ3n) is 4.58. The molecule has 0 fully saturated rings. The van der Waals surface area contributed by atoms with Gasteiger partial charge in [0, 0.05) is 23.2 Å². The minimum absolute atomic E-state index is 0.0462. The molecule has 0 aliphatic rings. The fraction of sp³-hybridized carbons (Fsp3) is 0. The first-order valence-electron chi connectivity index (χ1n) is 9.27. The number of fused-ring (bicyclic) bond motifs is 2. The molecule has 0 saturated heterocycles. The molecular weight excluding hydrogens is 473 g/mol. The molecule has 0 atom stereocenters. The number of nitrogens with one attached hydrogen (secondary N) is 2. The van der Waals surface area contributed by atoms with Crippen molar-refractivity contribution >= 4 is 68.0 Å². The van der Waals surface area contributed by atoms with E-state index in [0.717, 1.165) is 10.8 Å². The number of pyridine rings is 2. The highest BCUT2D eigenvalue weighted by atomic mass is 35.5. The van der Waals surface area contributed by atoms with Gasteiger partial charge in [0.05, 0.1) is 27.3 Å². The van der Waals surface area contributed by atoms with E-state index in [1.54, 1.807) is 48.8 Å². The fourth-order valence-corrected chi connectivity index (χ4v) is 3.54. The van der Waals surface area contributed by atoms with Gasteiger partial charge in [0.1, 0.15) is 4.49 Å². The molecule has 0 aliphatic heterocycles. The lowest BCUT2D eigenvalue weighted by atomic mass is 10.2. The van der Waals surface area contributed by atoms with Gasteiger partial charge in [-0.15, -0.1) is 0 Å². The Morgan fingerprint density at radius 3 is 1.69 bits per heavy atom. The van der Waals surface area contributed by atoms with Crippen LogP contribution in [0.4, 0.5) is 11.4 Å². The smallest absolute Gasteiger partial charge is 0.330 e. The highest BCUT2D eigenvalue weighted by Crippen LogP contribution is 2.31. The Morgan fingerprint density at radius 2 is 1.25 bits per heavy atom. The number of aromatic nitrogens is 2. The molecule has 0 saturated carbocycles. The second kappa shape index (κ2) is 9.40. The zero-order valence-corrected chi connectivity index (χ0v) is 18.5. The van der Waals surface area contributed by atoms with Crippen molar-refractivity contribution < 1.29 is 4.92 Å². The van der Waals surface area contributed by atoms with Gasteiger partial charge in [0.2, 0.25) is 0 Å². The quantitative estimate of drug-likeness (QED) is 0.180. The summed E-state index contributed by atoms with van der Waals surface area (Å²) in [5.41, 5.74) is 1.74. The SMILES string of the molecule is O=[N+]([O-])C(=C(Nc1cccc2cccnc12)Nc1cccc2cccnc12)C(Cl)=C(Cl)Cl. The molecular formula is C22H14Cl3N5O2. The number of benzene rings is 2. The van der Waals surface area contributed by atoms with Crippen LogP contribution in [0, 0.1) is 10.1 Å². The van der Waals surface area contributed by atoms with Crippen molar-refractivity contribution in [1.82, 2.24) is 9.97 Å². The molecule has 2 N–H and O–H groups in total. The minimum atomic E-state index is -0.667. The predicted octanol–water partition coefficient (Wildman–Crippen LogP) is 6.64. The first-order valence-corrected chi connectivity index (χ1v) is 10.4. The maximum atomic E-state index is 12.0. The van der Waals surface area contributed by atoms with Crippen molar-refractivity contribution in [3.8, 4) is 0 Å². The lowest BCUT2D eigenvalue weighted by Gasteiger charge is -2.16. The van der Waals surface area contributed by atoms with Crippen LogP contribution in [0.15, 0.2) is 94.1 Å². The van der Waals surface area contributed by atoms with Gasteiger partial charge in [0.25, 0.3) is 0 Å². The van der Waals surface area contributed by atoms with Crippen molar-refractivity contribution in [3.63, 3.8) is 0 Å². The summed E-state index contributed by atoms with van der Waals surface area (Å²) in [6.45, 7) is 0. The minimum Gasteiger partial charge on any atom is -0.334 e. The fourth-order valence-electron chi connectivity index (χ4n) is 3.20. The summed E-state index contributed by atoms with van der Waals surface area (Å²) in [6, 6.07) is 18.3. The molecule has 0 radical (unpaired) electrons. The zero-order valence-electron chi connectivity index (χ0n) is 16.2. The van der Waals surface area contributed by atoms with E-state index in [1.807, 2.05) is 24.3 Å². The van der Waals surface area contributed by atoms with Gasteiger partial charge in [-0.2, -0.15) is 0 Å². The predicted molar refractivity (Wildman–Crippen MR) is 129 cm³/mol. The average Bonchev–Trinajstić information content (AvgIpc) is 2.79. The number of halogens is 3. The number of nitro groups is 1. The summed E-state index contributed by atoms with van der Waals surface area (Å²) < 4.78 is -0.438. The van der Waals surface area contributed by atoms with Crippen LogP contribution in [0.2, 0.25) is 0 Å². The molecule has 0 aliphatic carbocycles. The number of rotatable bonds is 6. The lowest BCUT2D eigenvalue weighted by molar-refractivity contribution is -0.420. The van der Waals surface area contributed by atoms with Crippen molar-refractivity contribution in [2.24, 2.45) is 0 Å². The largest absolute Gasteiger partial charge is 0.334 e. The summed E-state index contributed by atoms with van der Waals surface area (Å²) >= 11 is 17.7. The highest BCUT2D eigenvalue weighted by molar-refractivity contribution is 6.59. The molecule has 2 heterocycles. The maximum Gasteiger partial charge on any atom is 0.330 e. The third kappa shape index (κ3) is 4.45. The highest BCUT2D eigenvalue weighted by Gasteiger charge is 2.27. The van der Waals surface area contributed by atoms with Gasteiger partial charge in [-0.25, -0.2) is 0 Å². The van der Waals surface area contributed by atoms with E-state index in [4.69, 9.17) is 34.8 Å². The number of nitrogens with zero attached hydrogens (tertiary/aromatic N) is 3. The summed E-state index contributed by atoms with van der Waals surface area (Å²) in [6.07, 6.45) is 3.27. The van der Waals surface area contributed by atoms with Crippen LogP contribution in [0.3, 0.4) is 0 Å². The number of hydrogen-bond donors (Lipinski definition) is 2. The van der Waals surface area contributed by atoms with E-state index < -0.39 is 20.1 Å². The van der Waals surface area contributed by atoms with Crippen LogP contribution in [0.25, 0.3) is 21.8 Å². The van der Waals surface area contributed by atoms with Gasteiger partial charge >= 0.3 is 5.70 Å². The van der Waals surface area contributed by atoms with Gasteiger partial charge in [-0.3, -0.25) is 20.1 Å². The molecule has 4 rings (SSSR count). The van der Waals surface area contributed by atoms with E-state index in [2.05, 4.69) is 20.6 Å². The zero-order chi connectivity index (χ0) is 22.7. The molecule has 0 bridgehead atoms. The maximum absolute atomic E-state index is 12.0. The number of anilines is 2. The monoisotopic (exact) mass is 485 g/mol. The molecule has 2 aromatic carbocycles. The average molecular weight is 487 g/mol. The molecule has 0 unspecified atom stereocenters. The van der Waals surface area contributed by atoms with Gasteiger partial charge < -0.3 is 10.6 Å². The first-order chi connectivity index (χ1) is 15.5. The van der Waals surface area contributed by atoms with Crippen LogP contribution in [-0.4, -0.2) is 14.9 Å². The second-order valence-corrected chi connectivity index (χ2v) is 7.89. The number of para-hydroxylation sites is 2. The summed E-state index contributed by atoms with van der Waals surface area (Å²) in [7, 11) is 0. The summed E-state index contributed by atoms with van der Waals surface area (Å²) in [5.74, 6) is -0.0462. The Bertz CT molecular complexity index is 1310. The lowest BCUT2D eigenvalue weighted by Crippen LogP contribution is -2.18. The Labute approximate surface area is 197 Å². The van der Waals surface area contributed by atoms with Crippen molar-refractivity contribution in [1.29, 1.82) is 0 Å². The van der Waals surface area contributed by atoms with E-state index >= 15 is 0 Å². The van der Waals surface area contributed by atoms with Gasteiger partial charge in [-0.05, 0) is 24.3 Å². The van der Waals surface area contributed by atoms with Gasteiger partial charge in [-0.1, -0.05) is 71.2 Å². The molecule has 160 valence electrons. The van der Waals surface area contributed by atoms with E-state index in [1.165, 1.54) is 0 Å². The third-order valence-corrected chi connectivity index (χ3v) is 5.52. The topological polar surface area (TPSA) is 93.0 Å². The van der Waals surface area contributed by atoms with E-state index in [0.29, 0.717) is 22.4 Å². The van der Waals surface area contributed by atoms with E-state index in [-0.39, 0.29) is 5.82 Å². The first kappa shape index (κ1) is 21.8. The Balaban J connectivity index is 1.91. The standard InChI is InChI=1S/C22H14Cl3N5O2/c23-17(21(24)25)20(30(31)32)22(28-15-9-1-5-13-7-3-11-26-18(13)15)29-16-10-2-6-14-8-4-12-27-19(14)16/h1-12,28-29H. The number of hydrogen-bond acceptors (Lipinski definition) is 6. The molecule has 10 heteroatoms. The Kier molecular flexibility index (Phi) is 6.41. The van der Waals surface area contributed by atoms with Crippen LogP contribution >= 0.6 is 34.8 Å². The van der Waals surface area contributed by atoms with Crippen LogP contribution < -0.4 is 10.6 Å². The molecule has 0 amide bonds. The van der Waals surface area contributed by atoms with Crippen LogP contribution in [0.1, 0.15) is 0 Å². The Hall–Kier alpha value is -3.39. The molecule has 32 heavy (non-hydrogen) atoms. The molecule has 7 nitrogen and oxygen atoms in total. The van der Waals surface area contributed by atoms with Crippen LogP contribution in [0.5, 0.6) is 0 Å². The molecule has 0 spiro atoms. The van der Waals surface area contributed by atoms with Gasteiger partial charge in [0.15, 0.2) is 10.9 Å². The normalized spacial score (nSPS) is 10.6. The second-order valence-electron chi connectivity index (χ2n) is 6.57. The Morgan fingerprint density at radius 1 is 0.781 bits per heavy atom. The van der Waals surface area contributed by atoms with Crippen molar-refractivity contribution in [2.75, 3.05) is 10.6 Å². The summed E-state index contributed by atoms with van der Waals surface area (Å²) in [4.78, 5) is 20.1. The summed E-state index contributed by atoms with van der Waals surface area (Å²) in [5, 5.41) is 19.4.